The number of carbonyl (C=O) groups excluding carboxylic acids is 1. The van der Waals surface area contributed by atoms with Crippen LogP contribution in [0.3, 0.4) is 0 Å². The van der Waals surface area contributed by atoms with Crippen molar-refractivity contribution in [2.75, 3.05) is 13.2 Å². The van der Waals surface area contributed by atoms with E-state index in [-0.39, 0.29) is 18.9 Å². The second kappa shape index (κ2) is 9.85. The SMILES string of the molecule is CC(=O)OCc1cccc(C=CCCOC2CCCCO2)c1Br. The topological polar surface area (TPSA) is 44.8 Å². The van der Waals surface area contributed by atoms with E-state index in [1.54, 1.807) is 0 Å². The summed E-state index contributed by atoms with van der Waals surface area (Å²) < 4.78 is 17.2. The van der Waals surface area contributed by atoms with Gasteiger partial charge in [0.2, 0.25) is 0 Å². The highest BCUT2D eigenvalue weighted by Crippen LogP contribution is 2.24. The molecule has 0 radical (unpaired) electrons. The van der Waals surface area contributed by atoms with Crippen LogP contribution in [0, 0.1) is 0 Å². The Kier molecular flexibility index (Phi) is 7.79. The molecule has 1 aliphatic heterocycles. The molecule has 126 valence electrons. The van der Waals surface area contributed by atoms with Crippen molar-refractivity contribution in [3.05, 3.63) is 39.9 Å². The van der Waals surface area contributed by atoms with Gasteiger partial charge < -0.3 is 14.2 Å². The Morgan fingerprint density at radius 3 is 3.04 bits per heavy atom. The average molecular weight is 383 g/mol. The van der Waals surface area contributed by atoms with Crippen LogP contribution in [0.1, 0.15) is 43.7 Å². The summed E-state index contributed by atoms with van der Waals surface area (Å²) in [6.45, 7) is 3.15. The van der Waals surface area contributed by atoms with Crippen molar-refractivity contribution in [2.24, 2.45) is 0 Å². The maximum absolute atomic E-state index is 10.9. The summed E-state index contributed by atoms with van der Waals surface area (Å²) in [5, 5.41) is 0. The van der Waals surface area contributed by atoms with Crippen LogP contribution in [0.4, 0.5) is 0 Å². The van der Waals surface area contributed by atoms with Gasteiger partial charge in [-0.2, -0.15) is 0 Å². The molecule has 1 aromatic rings. The number of benzene rings is 1. The van der Waals surface area contributed by atoms with Crippen molar-refractivity contribution in [1.29, 1.82) is 0 Å². The van der Waals surface area contributed by atoms with Gasteiger partial charge in [-0.15, -0.1) is 0 Å². The summed E-state index contributed by atoms with van der Waals surface area (Å²) in [5.74, 6) is -0.278. The molecule has 5 heteroatoms. The van der Waals surface area contributed by atoms with Gasteiger partial charge in [-0.1, -0.05) is 30.4 Å². The molecule has 1 atom stereocenters. The fraction of sp³-hybridized carbons (Fsp3) is 0.500. The molecular weight excluding hydrogens is 360 g/mol. The minimum absolute atomic E-state index is 0.0315. The molecule has 1 fully saturated rings. The van der Waals surface area contributed by atoms with E-state index in [2.05, 4.69) is 22.0 Å². The van der Waals surface area contributed by atoms with Gasteiger partial charge in [0.1, 0.15) is 6.61 Å². The largest absolute Gasteiger partial charge is 0.461 e. The normalized spacial score (nSPS) is 18.3. The Morgan fingerprint density at radius 1 is 1.43 bits per heavy atom. The molecule has 0 N–H and O–H groups in total. The molecular formula is C18H23BrO4. The van der Waals surface area contributed by atoms with Crippen LogP contribution < -0.4 is 0 Å². The number of rotatable bonds is 7. The quantitative estimate of drug-likeness (QED) is 0.515. The summed E-state index contributed by atoms with van der Waals surface area (Å²) in [5.41, 5.74) is 2.01. The highest BCUT2D eigenvalue weighted by atomic mass is 79.9. The van der Waals surface area contributed by atoms with Crippen molar-refractivity contribution < 1.29 is 19.0 Å². The zero-order valence-corrected chi connectivity index (χ0v) is 15.0. The molecule has 0 saturated carbocycles. The zero-order chi connectivity index (χ0) is 16.5. The average Bonchev–Trinajstić information content (AvgIpc) is 2.55. The molecule has 0 aromatic heterocycles. The Morgan fingerprint density at radius 2 is 2.30 bits per heavy atom. The Balaban J connectivity index is 1.79. The summed E-state index contributed by atoms with van der Waals surface area (Å²) in [7, 11) is 0. The van der Waals surface area contributed by atoms with E-state index in [9.17, 15) is 4.79 Å². The van der Waals surface area contributed by atoms with Gasteiger partial charge in [0, 0.05) is 23.6 Å². The van der Waals surface area contributed by atoms with Crippen LogP contribution in [0.25, 0.3) is 6.08 Å². The van der Waals surface area contributed by atoms with Crippen LogP contribution in [-0.2, 0) is 25.6 Å². The molecule has 2 rings (SSSR count). The number of esters is 1. The molecule has 23 heavy (non-hydrogen) atoms. The van der Waals surface area contributed by atoms with E-state index in [0.717, 1.165) is 41.5 Å². The van der Waals surface area contributed by atoms with Gasteiger partial charge >= 0.3 is 5.97 Å². The van der Waals surface area contributed by atoms with E-state index in [0.29, 0.717) is 6.61 Å². The minimum atomic E-state index is -0.278. The first-order chi connectivity index (χ1) is 11.2. The Bertz CT molecular complexity index is 536. The lowest BCUT2D eigenvalue weighted by atomic mass is 10.1. The van der Waals surface area contributed by atoms with Crippen molar-refractivity contribution in [1.82, 2.24) is 0 Å². The van der Waals surface area contributed by atoms with E-state index in [1.165, 1.54) is 13.3 Å². The second-order valence-electron chi connectivity index (χ2n) is 5.46. The molecule has 0 amide bonds. The van der Waals surface area contributed by atoms with Gasteiger partial charge in [-0.05, 0) is 47.2 Å². The van der Waals surface area contributed by atoms with Gasteiger partial charge in [-0.3, -0.25) is 4.79 Å². The Labute approximate surface area is 145 Å². The van der Waals surface area contributed by atoms with Crippen molar-refractivity contribution in [2.45, 2.75) is 45.5 Å². The number of ether oxygens (including phenoxy) is 3. The molecule has 1 aliphatic rings. The van der Waals surface area contributed by atoms with Crippen LogP contribution in [0.2, 0.25) is 0 Å². The third-order valence-corrected chi connectivity index (χ3v) is 4.53. The van der Waals surface area contributed by atoms with E-state index in [4.69, 9.17) is 14.2 Å². The van der Waals surface area contributed by atoms with Gasteiger partial charge in [0.25, 0.3) is 0 Å². The van der Waals surface area contributed by atoms with Crippen molar-refractivity contribution in [3.8, 4) is 0 Å². The first-order valence-electron chi connectivity index (χ1n) is 7.97. The van der Waals surface area contributed by atoms with E-state index >= 15 is 0 Å². The predicted molar refractivity (Wildman–Crippen MR) is 92.8 cm³/mol. The first-order valence-corrected chi connectivity index (χ1v) is 8.76. The molecule has 0 bridgehead atoms. The standard InChI is InChI=1S/C18H23BrO4/c1-14(20)23-13-16-9-6-8-15(18(16)19)7-2-4-11-21-17-10-3-5-12-22-17/h2,6-9,17H,3-5,10-13H2,1H3. The first kappa shape index (κ1) is 18.2. The number of hydrogen-bond acceptors (Lipinski definition) is 4. The van der Waals surface area contributed by atoms with Crippen LogP contribution in [0.5, 0.6) is 0 Å². The Hall–Kier alpha value is -1.17. The smallest absolute Gasteiger partial charge is 0.302 e. The fourth-order valence-electron chi connectivity index (χ4n) is 2.34. The summed E-state index contributed by atoms with van der Waals surface area (Å²) >= 11 is 3.57. The van der Waals surface area contributed by atoms with Crippen LogP contribution in [0.15, 0.2) is 28.7 Å². The highest BCUT2D eigenvalue weighted by molar-refractivity contribution is 9.10. The molecule has 0 spiro atoms. The predicted octanol–water partition coefficient (Wildman–Crippen LogP) is 4.46. The third-order valence-electron chi connectivity index (χ3n) is 3.56. The maximum atomic E-state index is 10.9. The van der Waals surface area contributed by atoms with Crippen LogP contribution >= 0.6 is 15.9 Å². The summed E-state index contributed by atoms with van der Waals surface area (Å²) in [6.07, 6.45) is 8.25. The van der Waals surface area contributed by atoms with E-state index in [1.807, 2.05) is 24.3 Å². The number of hydrogen-bond donors (Lipinski definition) is 0. The van der Waals surface area contributed by atoms with E-state index < -0.39 is 0 Å². The second-order valence-corrected chi connectivity index (χ2v) is 6.25. The van der Waals surface area contributed by atoms with Crippen LogP contribution in [-0.4, -0.2) is 25.5 Å². The molecule has 1 heterocycles. The van der Waals surface area contributed by atoms with Gasteiger partial charge in [0.05, 0.1) is 6.61 Å². The number of halogens is 1. The summed E-state index contributed by atoms with van der Waals surface area (Å²) in [4.78, 5) is 10.9. The lowest BCUT2D eigenvalue weighted by Gasteiger charge is -2.22. The third kappa shape index (κ3) is 6.45. The lowest BCUT2D eigenvalue weighted by molar-refractivity contribution is -0.161. The van der Waals surface area contributed by atoms with Gasteiger partial charge in [-0.25, -0.2) is 0 Å². The van der Waals surface area contributed by atoms with Crippen molar-refractivity contribution in [3.63, 3.8) is 0 Å². The maximum Gasteiger partial charge on any atom is 0.302 e. The summed E-state index contributed by atoms with van der Waals surface area (Å²) in [6, 6.07) is 5.91. The highest BCUT2D eigenvalue weighted by Gasteiger charge is 2.13. The minimum Gasteiger partial charge on any atom is -0.461 e. The van der Waals surface area contributed by atoms with Gasteiger partial charge in [0.15, 0.2) is 6.29 Å². The monoisotopic (exact) mass is 382 g/mol. The zero-order valence-electron chi connectivity index (χ0n) is 13.4. The fourth-order valence-corrected chi connectivity index (χ4v) is 2.85. The number of carbonyl (C=O) groups is 1. The molecule has 1 saturated heterocycles. The molecule has 1 unspecified atom stereocenters. The molecule has 1 aromatic carbocycles. The lowest BCUT2D eigenvalue weighted by Crippen LogP contribution is -2.22. The molecule has 0 aliphatic carbocycles. The molecule has 4 nitrogen and oxygen atoms in total. The van der Waals surface area contributed by atoms with Crippen molar-refractivity contribution >= 4 is 28.0 Å².